The van der Waals surface area contributed by atoms with Gasteiger partial charge in [0.25, 0.3) is 0 Å². The number of hydrogen-bond donors (Lipinski definition) is 3. The summed E-state index contributed by atoms with van der Waals surface area (Å²) in [4.78, 5) is 21.6. The summed E-state index contributed by atoms with van der Waals surface area (Å²) in [5.41, 5.74) is 11.5. The van der Waals surface area contributed by atoms with E-state index in [1.807, 2.05) is 0 Å². The smallest absolute Gasteiger partial charge is 0.407 e. The first-order chi connectivity index (χ1) is 9.38. The summed E-state index contributed by atoms with van der Waals surface area (Å²) in [5.74, 6) is -0.654. The fraction of sp³-hybridized carbons (Fsp3) is 0.333. The second-order valence-corrected chi connectivity index (χ2v) is 4.96. The third-order valence-electron chi connectivity index (χ3n) is 2.33. The molecule has 0 aliphatic carbocycles. The van der Waals surface area contributed by atoms with Gasteiger partial charge in [-0.15, -0.1) is 0 Å². The minimum Gasteiger partial charge on any atom is -0.448 e. The van der Waals surface area contributed by atoms with Gasteiger partial charge in [0.1, 0.15) is 6.61 Å². The van der Waals surface area contributed by atoms with Gasteiger partial charge in [0.2, 0.25) is 5.91 Å². The van der Waals surface area contributed by atoms with Crippen LogP contribution >= 0.6 is 23.2 Å². The van der Waals surface area contributed by atoms with Crippen molar-refractivity contribution in [2.45, 2.75) is 12.5 Å². The first-order valence-electron chi connectivity index (χ1n) is 5.77. The van der Waals surface area contributed by atoms with Gasteiger partial charge in [-0.05, 0) is 24.1 Å². The molecule has 0 saturated heterocycles. The van der Waals surface area contributed by atoms with Gasteiger partial charge in [0, 0.05) is 16.1 Å². The number of nitrogens with one attached hydrogen (secondary N) is 1. The first-order valence-corrected chi connectivity index (χ1v) is 6.52. The number of ether oxygens (including phenoxy) is 1. The van der Waals surface area contributed by atoms with E-state index < -0.39 is 18.0 Å². The Kier molecular flexibility index (Phi) is 6.57. The number of nitrogens with two attached hydrogens (primary N) is 2. The molecular formula is C12H15Cl2N3O3. The lowest BCUT2D eigenvalue weighted by atomic mass is 10.1. The quantitative estimate of drug-likeness (QED) is 0.729. The zero-order valence-electron chi connectivity index (χ0n) is 10.6. The Balaban J connectivity index is 2.38. The van der Waals surface area contributed by atoms with Crippen molar-refractivity contribution >= 4 is 35.2 Å². The minimum absolute atomic E-state index is 0.0104. The molecule has 0 saturated carbocycles. The summed E-state index contributed by atoms with van der Waals surface area (Å²) in [6.07, 6.45) is -0.319. The van der Waals surface area contributed by atoms with Crippen LogP contribution in [0.25, 0.3) is 0 Å². The number of benzene rings is 1. The summed E-state index contributed by atoms with van der Waals surface area (Å²) in [7, 11) is 0. The van der Waals surface area contributed by atoms with E-state index in [1.165, 1.54) is 0 Å². The average Bonchev–Trinajstić information content (AvgIpc) is 2.37. The summed E-state index contributed by atoms with van der Waals surface area (Å²) in [6.45, 7) is -0.291. The lowest BCUT2D eigenvalue weighted by molar-refractivity contribution is -0.117. The number of hydrogen-bond acceptors (Lipinski definition) is 4. The molecule has 1 rings (SSSR count). The van der Waals surface area contributed by atoms with Crippen LogP contribution in [0.15, 0.2) is 18.2 Å². The number of rotatable bonds is 6. The van der Waals surface area contributed by atoms with Gasteiger partial charge >= 0.3 is 6.09 Å². The number of alkyl carbamates (subject to hydrolysis) is 1. The molecule has 0 aliphatic rings. The van der Waals surface area contributed by atoms with Crippen molar-refractivity contribution in [1.29, 1.82) is 0 Å². The Labute approximate surface area is 126 Å². The van der Waals surface area contributed by atoms with Crippen molar-refractivity contribution in [2.24, 2.45) is 11.5 Å². The Bertz CT molecular complexity index is 497. The topological polar surface area (TPSA) is 107 Å². The number of carbonyl (C=O) groups is 2. The summed E-state index contributed by atoms with van der Waals surface area (Å²) in [6, 6.07) is 4.66. The summed E-state index contributed by atoms with van der Waals surface area (Å²) >= 11 is 11.8. The Morgan fingerprint density at radius 3 is 2.65 bits per heavy atom. The summed E-state index contributed by atoms with van der Waals surface area (Å²) < 4.78 is 4.84. The largest absolute Gasteiger partial charge is 0.448 e. The highest BCUT2D eigenvalue weighted by Gasteiger charge is 2.11. The standard InChI is InChI=1S/C12H15Cl2N3O3/c13-8-2-1-7(10(14)4-8)3-9(15)6-20-12(19)17-5-11(16)18/h1-2,4,9H,3,5-6,15H2,(H2,16,18)(H,17,19). The molecule has 0 spiro atoms. The maximum atomic E-state index is 11.2. The van der Waals surface area contributed by atoms with Gasteiger partial charge in [-0.3, -0.25) is 4.79 Å². The monoisotopic (exact) mass is 319 g/mol. The maximum Gasteiger partial charge on any atom is 0.407 e. The Morgan fingerprint density at radius 2 is 2.05 bits per heavy atom. The predicted molar refractivity (Wildman–Crippen MR) is 76.7 cm³/mol. The third kappa shape index (κ3) is 6.10. The molecule has 6 nitrogen and oxygen atoms in total. The zero-order chi connectivity index (χ0) is 15.1. The minimum atomic E-state index is -0.749. The van der Waals surface area contributed by atoms with Crippen molar-refractivity contribution in [2.75, 3.05) is 13.2 Å². The molecule has 1 unspecified atom stereocenters. The van der Waals surface area contributed by atoms with Crippen LogP contribution in [-0.2, 0) is 16.0 Å². The third-order valence-corrected chi connectivity index (χ3v) is 2.92. The van der Waals surface area contributed by atoms with Crippen molar-refractivity contribution in [3.8, 4) is 0 Å². The van der Waals surface area contributed by atoms with Gasteiger partial charge in [-0.2, -0.15) is 0 Å². The highest BCUT2D eigenvalue weighted by atomic mass is 35.5. The molecule has 8 heteroatoms. The average molecular weight is 320 g/mol. The van der Waals surface area contributed by atoms with Gasteiger partial charge in [-0.25, -0.2) is 4.79 Å². The van der Waals surface area contributed by atoms with Crippen LogP contribution in [0.4, 0.5) is 4.79 Å². The van der Waals surface area contributed by atoms with Gasteiger partial charge in [-0.1, -0.05) is 29.3 Å². The van der Waals surface area contributed by atoms with Crippen LogP contribution in [0.2, 0.25) is 10.0 Å². The number of carbonyl (C=O) groups excluding carboxylic acids is 2. The van der Waals surface area contributed by atoms with Crippen molar-refractivity contribution in [3.63, 3.8) is 0 Å². The van der Waals surface area contributed by atoms with Gasteiger partial charge in [0.15, 0.2) is 0 Å². The number of halogens is 2. The van der Waals surface area contributed by atoms with E-state index in [0.29, 0.717) is 16.5 Å². The predicted octanol–water partition coefficient (Wildman–Crippen LogP) is 1.07. The molecule has 1 atom stereocenters. The molecule has 5 N–H and O–H groups in total. The van der Waals surface area contributed by atoms with E-state index >= 15 is 0 Å². The van der Waals surface area contributed by atoms with Gasteiger partial charge in [0.05, 0.1) is 6.54 Å². The normalized spacial score (nSPS) is 11.8. The number of primary amides is 1. The summed E-state index contributed by atoms with van der Waals surface area (Å²) in [5, 5.41) is 3.23. The van der Waals surface area contributed by atoms with E-state index in [9.17, 15) is 9.59 Å². The van der Waals surface area contributed by atoms with Crippen LogP contribution in [0.5, 0.6) is 0 Å². The number of amides is 2. The first kappa shape index (κ1) is 16.6. The fourth-order valence-electron chi connectivity index (χ4n) is 1.42. The molecular weight excluding hydrogens is 305 g/mol. The van der Waals surface area contributed by atoms with E-state index in [2.05, 4.69) is 5.32 Å². The molecule has 0 bridgehead atoms. The molecule has 1 aromatic rings. The molecule has 0 fully saturated rings. The highest BCUT2D eigenvalue weighted by molar-refractivity contribution is 6.35. The molecule has 0 heterocycles. The Hall–Kier alpha value is -1.50. The molecule has 0 aliphatic heterocycles. The van der Waals surface area contributed by atoms with E-state index in [0.717, 1.165) is 5.56 Å². The molecule has 0 aromatic heterocycles. The van der Waals surface area contributed by atoms with Crippen molar-refractivity contribution in [1.82, 2.24) is 5.32 Å². The van der Waals surface area contributed by atoms with E-state index in [-0.39, 0.29) is 13.2 Å². The van der Waals surface area contributed by atoms with Crippen molar-refractivity contribution < 1.29 is 14.3 Å². The zero-order valence-corrected chi connectivity index (χ0v) is 12.1. The molecule has 110 valence electrons. The second-order valence-electron chi connectivity index (χ2n) is 4.12. The van der Waals surface area contributed by atoms with Crippen LogP contribution < -0.4 is 16.8 Å². The highest BCUT2D eigenvalue weighted by Crippen LogP contribution is 2.21. The van der Waals surface area contributed by atoms with Crippen molar-refractivity contribution in [3.05, 3.63) is 33.8 Å². The Morgan fingerprint density at radius 1 is 1.35 bits per heavy atom. The van der Waals surface area contributed by atoms with Gasteiger partial charge < -0.3 is 21.5 Å². The molecule has 2 amide bonds. The van der Waals surface area contributed by atoms with Crippen LogP contribution in [0.1, 0.15) is 5.56 Å². The van der Waals surface area contributed by atoms with E-state index in [1.54, 1.807) is 18.2 Å². The molecule has 20 heavy (non-hydrogen) atoms. The lowest BCUT2D eigenvalue weighted by Gasteiger charge is -2.13. The SMILES string of the molecule is NC(=O)CNC(=O)OCC(N)Cc1ccc(Cl)cc1Cl. The fourth-order valence-corrected chi connectivity index (χ4v) is 1.91. The van der Waals surface area contributed by atoms with Crippen LogP contribution in [0.3, 0.4) is 0 Å². The maximum absolute atomic E-state index is 11.2. The molecule has 1 aromatic carbocycles. The van der Waals surface area contributed by atoms with E-state index in [4.69, 9.17) is 39.4 Å². The lowest BCUT2D eigenvalue weighted by Crippen LogP contribution is -2.37. The van der Waals surface area contributed by atoms with Crippen LogP contribution in [-0.4, -0.2) is 31.2 Å². The van der Waals surface area contributed by atoms with Crippen LogP contribution in [0, 0.1) is 0 Å². The molecule has 0 radical (unpaired) electrons. The second kappa shape index (κ2) is 7.94.